The summed E-state index contributed by atoms with van der Waals surface area (Å²) in [4.78, 5) is 0. The zero-order valence-electron chi connectivity index (χ0n) is 31.2. The third-order valence-corrected chi connectivity index (χ3v) is 19.7. The fourth-order valence-corrected chi connectivity index (χ4v) is 16.3. The minimum absolute atomic E-state index is 0.0562. The maximum absolute atomic E-state index is 8.47. The Morgan fingerprint density at radius 3 is 0.957 bits per heavy atom. The summed E-state index contributed by atoms with van der Waals surface area (Å²) >= 11 is 0. The molecule has 0 bridgehead atoms. The molecular weight excluding hydrogens is 593 g/mol. The van der Waals surface area contributed by atoms with Crippen LogP contribution in [0.5, 0.6) is 0 Å². The van der Waals surface area contributed by atoms with Crippen molar-refractivity contribution in [2.75, 3.05) is 13.2 Å². The van der Waals surface area contributed by atoms with Gasteiger partial charge in [0.2, 0.25) is 0 Å². The van der Waals surface area contributed by atoms with Crippen LogP contribution in [0.1, 0.15) is 83.8 Å². The van der Waals surface area contributed by atoms with Crippen LogP contribution < -0.4 is 20.7 Å². The van der Waals surface area contributed by atoms with Crippen molar-refractivity contribution < 1.29 is 11.6 Å². The largest absolute Gasteiger partial charge is 0.407 e. The topological polar surface area (TPSA) is 18.5 Å². The molecule has 4 rings (SSSR count). The second-order valence-electron chi connectivity index (χ2n) is 14.8. The molecule has 0 saturated carbocycles. The predicted molar refractivity (Wildman–Crippen MR) is 204 cm³/mol. The Kier molecular flexibility index (Phi) is 11.4. The van der Waals surface area contributed by atoms with E-state index in [1.807, 2.05) is 0 Å². The van der Waals surface area contributed by atoms with Gasteiger partial charge in [-0.15, -0.1) is 0 Å². The molecule has 0 aliphatic heterocycles. The Bertz CT molecular complexity index is 1280. The van der Waals surface area contributed by atoms with Crippen LogP contribution in [-0.2, 0) is 8.85 Å². The first-order valence-corrected chi connectivity index (χ1v) is 20.9. The van der Waals surface area contributed by atoms with Crippen LogP contribution in [0.2, 0.25) is 10.1 Å². The molecule has 0 spiro atoms. The number of benzene rings is 4. The lowest BCUT2D eigenvalue weighted by Crippen LogP contribution is -2.66. The summed E-state index contributed by atoms with van der Waals surface area (Å²) in [5.41, 5.74) is 0. The van der Waals surface area contributed by atoms with E-state index in [9.17, 15) is 0 Å². The van der Waals surface area contributed by atoms with E-state index in [2.05, 4.69) is 163 Å². The van der Waals surface area contributed by atoms with Gasteiger partial charge >= 0.3 is 0 Å². The Balaban J connectivity index is 1.43. The molecule has 0 radical (unpaired) electrons. The highest BCUT2D eigenvalue weighted by atomic mass is 28.4. The van der Waals surface area contributed by atoms with Crippen molar-refractivity contribution in [3.05, 3.63) is 121 Å². The highest BCUT2D eigenvalue weighted by Crippen LogP contribution is 2.38. The second kappa shape index (κ2) is 15.9. The highest BCUT2D eigenvalue weighted by molar-refractivity contribution is 7.00. The van der Waals surface area contributed by atoms with Gasteiger partial charge in [-0.2, -0.15) is 0 Å². The quantitative estimate of drug-likeness (QED) is 0.0943. The molecule has 0 aliphatic rings. The van der Waals surface area contributed by atoms with Crippen LogP contribution in [0.15, 0.2) is 121 Å². The van der Waals surface area contributed by atoms with Crippen molar-refractivity contribution >= 4 is 37.4 Å². The maximum atomic E-state index is 8.47. The fourth-order valence-electron chi connectivity index (χ4n) is 7.14. The van der Waals surface area contributed by atoms with Gasteiger partial charge in [-0.1, -0.05) is 177 Å². The van der Waals surface area contributed by atoms with E-state index in [0.717, 1.165) is 25.7 Å². The third kappa shape index (κ3) is 8.02. The minimum atomic E-state index is -2.58. The zero-order valence-corrected chi connectivity index (χ0v) is 31.2. The monoisotopic (exact) mass is 652 g/mol. The molecule has 0 amide bonds. The average molecular weight is 653 g/mol. The molecule has 0 fully saturated rings. The second-order valence-corrected chi connectivity index (χ2v) is 23.4. The molecule has 2 atom stereocenters. The predicted octanol–water partition coefficient (Wildman–Crippen LogP) is 8.97. The van der Waals surface area contributed by atoms with Crippen molar-refractivity contribution in [2.24, 2.45) is 11.8 Å². The molecule has 46 heavy (non-hydrogen) atoms. The summed E-state index contributed by atoms with van der Waals surface area (Å²) in [5, 5.41) is 5.08. The van der Waals surface area contributed by atoms with E-state index in [0.29, 0.717) is 27.0 Å². The van der Waals surface area contributed by atoms with Crippen LogP contribution in [0.4, 0.5) is 0 Å². The molecule has 0 N–H and O–H groups in total. The van der Waals surface area contributed by atoms with Gasteiger partial charge < -0.3 is 8.85 Å². The first-order valence-electron chi connectivity index (χ1n) is 18.5. The molecule has 4 heteroatoms. The summed E-state index contributed by atoms with van der Waals surface area (Å²) in [6.07, 6.45) is 3.59. The normalized spacial score (nSPS) is 14.7. The number of hydrogen-bond donors (Lipinski definition) is 0. The number of hydrogen-bond acceptors (Lipinski definition) is 2. The Labute approximate surface area is 285 Å². The average Bonchev–Trinajstić information content (AvgIpc) is 3.09. The van der Waals surface area contributed by atoms with Gasteiger partial charge in [0.1, 0.15) is 0 Å². The highest BCUT2D eigenvalue weighted by Gasteiger charge is 2.51. The van der Waals surface area contributed by atoms with E-state index in [4.69, 9.17) is 11.6 Å². The van der Waals surface area contributed by atoms with Gasteiger partial charge in [0.05, 0.1) is 0 Å². The van der Waals surface area contributed by atoms with Gasteiger partial charge in [-0.3, -0.25) is 0 Å². The lowest BCUT2D eigenvalue weighted by atomic mass is 9.88. The molecule has 0 aromatic heterocycles. The summed E-state index contributed by atoms with van der Waals surface area (Å²) < 4.78 is 31.2. The van der Waals surface area contributed by atoms with E-state index < -0.39 is 16.6 Å². The molecule has 2 nitrogen and oxygen atoms in total. The van der Waals surface area contributed by atoms with Crippen molar-refractivity contribution in [3.63, 3.8) is 0 Å². The fraction of sp³-hybridized carbons (Fsp3) is 0.429. The minimum Gasteiger partial charge on any atom is -0.407 e. The smallest absolute Gasteiger partial charge is 0.261 e. The van der Waals surface area contributed by atoms with E-state index in [1.165, 1.54) is 20.7 Å². The van der Waals surface area contributed by atoms with Crippen molar-refractivity contribution in [1.29, 1.82) is 0 Å². The lowest BCUT2D eigenvalue weighted by molar-refractivity contribution is 0.240. The van der Waals surface area contributed by atoms with E-state index in [1.54, 1.807) is 0 Å². The van der Waals surface area contributed by atoms with E-state index >= 15 is 0 Å². The van der Waals surface area contributed by atoms with Crippen LogP contribution in [0.3, 0.4) is 0 Å². The van der Waals surface area contributed by atoms with Gasteiger partial charge in [-0.05, 0) is 68.3 Å². The Morgan fingerprint density at radius 2 is 0.739 bits per heavy atom. The molecule has 246 valence electrons. The summed E-state index contributed by atoms with van der Waals surface area (Å²) in [6.45, 7) is 15.9. The standard InChI is InChI=1S/C42H58O2Si2/c1-35(23-21-33-43-45(41(3,4)5,37-25-13-9-14-26-37)38-27-15-10-16-28-38)36(2)24-22-34-44-46(42(6,7)8,39-29-17-11-18-30-39)40-31-19-12-20-32-40/h9-20,25-32,35-36H,21-24,33-34H2,1-8H3/i1D,2D. The van der Waals surface area contributed by atoms with Crippen molar-refractivity contribution in [1.82, 2.24) is 0 Å². The Morgan fingerprint density at radius 1 is 0.478 bits per heavy atom. The molecular formula is C42H58O2Si2. The van der Waals surface area contributed by atoms with Gasteiger partial charge in [-0.25, -0.2) is 0 Å². The van der Waals surface area contributed by atoms with Gasteiger partial charge in [0, 0.05) is 16.0 Å². The maximum Gasteiger partial charge on any atom is 0.261 e. The first-order chi connectivity index (χ1) is 23.0. The van der Waals surface area contributed by atoms with Crippen molar-refractivity contribution in [3.8, 4) is 0 Å². The molecule has 4 aromatic rings. The summed E-state index contributed by atoms with van der Waals surface area (Å²) in [5.74, 6) is 0.358. The molecule has 0 aliphatic carbocycles. The van der Waals surface area contributed by atoms with Gasteiger partial charge in [0.25, 0.3) is 16.6 Å². The third-order valence-electron chi connectivity index (χ3n) is 9.58. The van der Waals surface area contributed by atoms with Crippen LogP contribution in [-0.4, -0.2) is 29.8 Å². The molecule has 4 aromatic carbocycles. The molecule has 0 saturated heterocycles. The van der Waals surface area contributed by atoms with Gasteiger partial charge in [0.15, 0.2) is 0 Å². The molecule has 2 unspecified atom stereocenters. The van der Waals surface area contributed by atoms with Crippen molar-refractivity contribution in [2.45, 2.75) is 91.1 Å². The van der Waals surface area contributed by atoms with Crippen LogP contribution in [0.25, 0.3) is 0 Å². The number of rotatable bonds is 15. The SMILES string of the molecule is [2H]CC(CCCO[Si](c1ccccc1)(c1ccccc1)C(C)(C)C)C(C[2H])CCCO[Si](c1ccccc1)(c1ccccc1)C(C)(C)C. The summed E-state index contributed by atoms with van der Waals surface area (Å²) in [7, 11) is -5.16. The van der Waals surface area contributed by atoms with Crippen LogP contribution in [0, 0.1) is 11.8 Å². The van der Waals surface area contributed by atoms with Crippen LogP contribution >= 0.6 is 0 Å². The first kappa shape index (κ1) is 33.1. The zero-order chi connectivity index (χ0) is 34.7. The van der Waals surface area contributed by atoms with E-state index in [-0.39, 0.29) is 21.9 Å². The molecule has 0 heterocycles. The summed E-state index contributed by atoms with van der Waals surface area (Å²) in [6, 6.07) is 43.2. The Hall–Kier alpha value is -2.77. The lowest BCUT2D eigenvalue weighted by Gasteiger charge is -2.43.